The molecule has 9 heteroatoms. The number of nitrogens with one attached hydrogen (secondary N) is 1. The number of halogens is 2. The summed E-state index contributed by atoms with van der Waals surface area (Å²) in [6.45, 7) is 6.71. The Morgan fingerprint density at radius 2 is 1.85 bits per heavy atom. The number of rotatable bonds is 3. The highest BCUT2D eigenvalue weighted by molar-refractivity contribution is 5.85. The summed E-state index contributed by atoms with van der Waals surface area (Å²) in [5.74, 6) is 2.46. The van der Waals surface area contributed by atoms with Crippen LogP contribution < -0.4 is 16.0 Å². The first-order valence-electron chi connectivity index (χ1n) is 8.65. The third-order valence-electron chi connectivity index (χ3n) is 4.81. The van der Waals surface area contributed by atoms with Crippen LogP contribution in [0.2, 0.25) is 0 Å². The van der Waals surface area contributed by atoms with Crippen molar-refractivity contribution < 1.29 is 4.42 Å². The third-order valence-corrected chi connectivity index (χ3v) is 4.81. The van der Waals surface area contributed by atoms with E-state index >= 15 is 0 Å². The monoisotopic (exact) mass is 400 g/mol. The van der Waals surface area contributed by atoms with Crippen LogP contribution in [0.4, 0.5) is 11.8 Å². The van der Waals surface area contributed by atoms with Crippen LogP contribution in [0, 0.1) is 0 Å². The molecule has 26 heavy (non-hydrogen) atoms. The van der Waals surface area contributed by atoms with Gasteiger partial charge in [0, 0.05) is 44.7 Å². The number of furan rings is 1. The van der Waals surface area contributed by atoms with Crippen LogP contribution in [0.3, 0.4) is 0 Å². The number of piperazine rings is 1. The number of nitrogen functional groups attached to an aromatic ring is 1. The summed E-state index contributed by atoms with van der Waals surface area (Å²) in [7, 11) is 0. The molecule has 0 radical (unpaired) electrons. The van der Waals surface area contributed by atoms with Gasteiger partial charge in [0.15, 0.2) is 0 Å². The maximum atomic E-state index is 5.97. The second-order valence-electron chi connectivity index (χ2n) is 6.42. The molecule has 144 valence electrons. The molecule has 2 aromatic rings. The van der Waals surface area contributed by atoms with Gasteiger partial charge in [0.2, 0.25) is 5.95 Å². The molecule has 2 aliphatic rings. The molecular formula is C17H26Cl2N6O. The quantitative estimate of drug-likeness (QED) is 0.807. The van der Waals surface area contributed by atoms with E-state index in [9.17, 15) is 0 Å². The molecule has 4 heterocycles. The summed E-state index contributed by atoms with van der Waals surface area (Å²) in [5.41, 5.74) is 8.35. The van der Waals surface area contributed by atoms with Crippen molar-refractivity contribution in [2.24, 2.45) is 0 Å². The molecule has 4 rings (SSSR count). The Hall–Kier alpha value is -1.54. The molecule has 0 atom stereocenters. The number of aromatic nitrogens is 2. The summed E-state index contributed by atoms with van der Waals surface area (Å²) < 4.78 is 5.45. The minimum atomic E-state index is 0. The average Bonchev–Trinajstić information content (AvgIpc) is 2.98. The maximum absolute atomic E-state index is 5.97. The van der Waals surface area contributed by atoms with Gasteiger partial charge in [-0.25, -0.2) is 4.98 Å². The Morgan fingerprint density at radius 3 is 2.58 bits per heavy atom. The van der Waals surface area contributed by atoms with Gasteiger partial charge in [-0.3, -0.25) is 4.90 Å². The first-order chi connectivity index (χ1) is 11.8. The lowest BCUT2D eigenvalue weighted by molar-refractivity contribution is 0.230. The van der Waals surface area contributed by atoms with Gasteiger partial charge in [-0.15, -0.1) is 24.8 Å². The zero-order valence-corrected chi connectivity index (χ0v) is 16.3. The van der Waals surface area contributed by atoms with Gasteiger partial charge >= 0.3 is 0 Å². The van der Waals surface area contributed by atoms with Crippen LogP contribution in [-0.2, 0) is 19.4 Å². The van der Waals surface area contributed by atoms with Gasteiger partial charge < -0.3 is 20.4 Å². The van der Waals surface area contributed by atoms with E-state index in [1.807, 2.05) is 12.1 Å². The minimum absolute atomic E-state index is 0. The Morgan fingerprint density at radius 1 is 1.08 bits per heavy atom. The first-order valence-corrected chi connectivity index (χ1v) is 8.65. The van der Waals surface area contributed by atoms with E-state index in [0.717, 1.165) is 75.9 Å². The highest BCUT2D eigenvalue weighted by Crippen LogP contribution is 2.25. The molecular weight excluding hydrogens is 375 g/mol. The Bertz CT molecular complexity index is 689. The van der Waals surface area contributed by atoms with Gasteiger partial charge in [-0.05, 0) is 25.1 Å². The van der Waals surface area contributed by atoms with Crippen molar-refractivity contribution in [3.05, 3.63) is 35.4 Å². The lowest BCUT2D eigenvalue weighted by Gasteiger charge is -2.36. The molecule has 1 saturated heterocycles. The fourth-order valence-electron chi connectivity index (χ4n) is 3.55. The highest BCUT2D eigenvalue weighted by Gasteiger charge is 2.24. The van der Waals surface area contributed by atoms with Crippen LogP contribution >= 0.6 is 24.8 Å². The minimum Gasteiger partial charge on any atom is -0.468 e. The largest absolute Gasteiger partial charge is 0.468 e. The smallest absolute Gasteiger partial charge is 0.222 e. The predicted molar refractivity (Wildman–Crippen MR) is 107 cm³/mol. The molecule has 7 nitrogen and oxygen atoms in total. The topological polar surface area (TPSA) is 83.5 Å². The van der Waals surface area contributed by atoms with Crippen molar-refractivity contribution in [2.45, 2.75) is 19.4 Å². The van der Waals surface area contributed by atoms with Crippen LogP contribution in [-0.4, -0.2) is 54.1 Å². The van der Waals surface area contributed by atoms with Crippen molar-refractivity contribution in [1.29, 1.82) is 0 Å². The Kier molecular flexibility index (Phi) is 7.52. The van der Waals surface area contributed by atoms with Crippen molar-refractivity contribution >= 4 is 36.6 Å². The van der Waals surface area contributed by atoms with Gasteiger partial charge in [-0.2, -0.15) is 4.98 Å². The number of nitrogens with two attached hydrogens (primary N) is 1. The lowest BCUT2D eigenvalue weighted by atomic mass is 10.1. The third kappa shape index (κ3) is 4.59. The van der Waals surface area contributed by atoms with Crippen LogP contribution in [0.25, 0.3) is 0 Å². The molecule has 2 aliphatic heterocycles. The molecule has 0 aliphatic carbocycles. The summed E-state index contributed by atoms with van der Waals surface area (Å²) in [5, 5.41) is 3.43. The highest BCUT2D eigenvalue weighted by atomic mass is 35.5. The Balaban J connectivity index is 0.00000121. The van der Waals surface area contributed by atoms with E-state index in [4.69, 9.17) is 10.2 Å². The van der Waals surface area contributed by atoms with Gasteiger partial charge in [0.25, 0.3) is 0 Å². The van der Waals surface area contributed by atoms with E-state index in [1.165, 1.54) is 5.56 Å². The number of fused-ring (bicyclic) bond motifs is 1. The summed E-state index contributed by atoms with van der Waals surface area (Å²) in [6.07, 6.45) is 3.63. The molecule has 0 amide bonds. The molecule has 0 aromatic carbocycles. The zero-order valence-electron chi connectivity index (χ0n) is 14.7. The molecule has 0 unspecified atom stereocenters. The molecule has 3 N–H and O–H groups in total. The zero-order chi connectivity index (χ0) is 16.4. The number of hydrogen-bond donors (Lipinski definition) is 2. The maximum Gasteiger partial charge on any atom is 0.222 e. The summed E-state index contributed by atoms with van der Waals surface area (Å²) in [6, 6.07) is 3.98. The van der Waals surface area contributed by atoms with E-state index in [2.05, 4.69) is 25.1 Å². The standard InChI is InChI=1S/C17H24N6O.2ClH/c18-17-20-15-4-6-19-5-3-14(15)16(21-17)23-9-7-22(8-10-23)12-13-2-1-11-24-13;;/h1-2,11,19H,3-10,12H2,(H2,18,20,21);2*1H. The molecule has 0 bridgehead atoms. The van der Waals surface area contributed by atoms with E-state index in [-0.39, 0.29) is 24.8 Å². The lowest BCUT2D eigenvalue weighted by Crippen LogP contribution is -2.46. The van der Waals surface area contributed by atoms with Crippen molar-refractivity contribution in [2.75, 3.05) is 49.9 Å². The second kappa shape index (κ2) is 9.41. The van der Waals surface area contributed by atoms with E-state index in [1.54, 1.807) is 6.26 Å². The molecule has 0 saturated carbocycles. The normalized spacial score (nSPS) is 17.6. The molecule has 1 fully saturated rings. The number of nitrogens with zero attached hydrogens (tertiary/aromatic N) is 4. The summed E-state index contributed by atoms with van der Waals surface area (Å²) >= 11 is 0. The van der Waals surface area contributed by atoms with Crippen LogP contribution in [0.1, 0.15) is 17.0 Å². The molecule has 0 spiro atoms. The second-order valence-corrected chi connectivity index (χ2v) is 6.42. The van der Waals surface area contributed by atoms with Gasteiger partial charge in [-0.1, -0.05) is 0 Å². The fraction of sp³-hybridized carbons (Fsp3) is 0.529. The van der Waals surface area contributed by atoms with E-state index < -0.39 is 0 Å². The fourth-order valence-corrected chi connectivity index (χ4v) is 3.55. The van der Waals surface area contributed by atoms with Crippen molar-refractivity contribution in [1.82, 2.24) is 20.2 Å². The van der Waals surface area contributed by atoms with Crippen molar-refractivity contribution in [3.63, 3.8) is 0 Å². The summed E-state index contributed by atoms with van der Waals surface area (Å²) in [4.78, 5) is 13.8. The van der Waals surface area contributed by atoms with Gasteiger partial charge in [0.1, 0.15) is 11.6 Å². The van der Waals surface area contributed by atoms with E-state index in [0.29, 0.717) is 5.95 Å². The van der Waals surface area contributed by atoms with Crippen molar-refractivity contribution in [3.8, 4) is 0 Å². The molecule has 2 aromatic heterocycles. The van der Waals surface area contributed by atoms with Crippen LogP contribution in [0.5, 0.6) is 0 Å². The Labute approximate surface area is 166 Å². The predicted octanol–water partition coefficient (Wildman–Crippen LogP) is 1.51. The first kappa shape index (κ1) is 20.8. The SMILES string of the molecule is Cl.Cl.Nc1nc2c(c(N3CCN(Cc4ccco4)CC3)n1)CCNCC2. The van der Waals surface area contributed by atoms with Gasteiger partial charge in [0.05, 0.1) is 18.5 Å². The number of hydrogen-bond acceptors (Lipinski definition) is 7. The number of anilines is 2. The average molecular weight is 401 g/mol. The van der Waals surface area contributed by atoms with Crippen LogP contribution in [0.15, 0.2) is 22.8 Å².